The third-order valence-corrected chi connectivity index (χ3v) is 1.64. The predicted molar refractivity (Wildman–Crippen MR) is 31.2 cm³/mol. The average Bonchev–Trinajstić information content (AvgIpc) is 1.98. The highest BCUT2D eigenvalue weighted by Gasteiger charge is 1.97. The SMILES string of the molecule is Cn1scc(O)c1=O. The summed E-state index contributed by atoms with van der Waals surface area (Å²) in [5, 5.41) is 10.0. The van der Waals surface area contributed by atoms with Crippen molar-refractivity contribution in [2.45, 2.75) is 0 Å². The van der Waals surface area contributed by atoms with Crippen molar-refractivity contribution in [1.29, 1.82) is 0 Å². The van der Waals surface area contributed by atoms with Gasteiger partial charge in [0.05, 0.1) is 5.38 Å². The molecule has 0 radical (unpaired) electrons. The summed E-state index contributed by atoms with van der Waals surface area (Å²) >= 11 is 1.19. The topological polar surface area (TPSA) is 42.2 Å². The summed E-state index contributed by atoms with van der Waals surface area (Å²) in [7, 11) is 1.60. The zero-order chi connectivity index (χ0) is 6.15. The monoisotopic (exact) mass is 131 g/mol. The van der Waals surface area contributed by atoms with Crippen molar-refractivity contribution in [3.63, 3.8) is 0 Å². The van der Waals surface area contributed by atoms with Gasteiger partial charge >= 0.3 is 5.56 Å². The molecule has 0 bridgehead atoms. The third kappa shape index (κ3) is 0.626. The smallest absolute Gasteiger partial charge is 0.302 e. The Morgan fingerprint density at radius 2 is 2.50 bits per heavy atom. The summed E-state index contributed by atoms with van der Waals surface area (Å²) < 4.78 is 1.36. The second kappa shape index (κ2) is 1.63. The van der Waals surface area contributed by atoms with E-state index in [4.69, 9.17) is 5.11 Å². The van der Waals surface area contributed by atoms with Crippen molar-refractivity contribution < 1.29 is 5.11 Å². The number of nitrogens with zero attached hydrogens (tertiary/aromatic N) is 1. The van der Waals surface area contributed by atoms with E-state index >= 15 is 0 Å². The molecule has 4 heteroatoms. The van der Waals surface area contributed by atoms with Crippen LogP contribution in [0, 0.1) is 0 Å². The van der Waals surface area contributed by atoms with Crippen LogP contribution >= 0.6 is 11.5 Å². The van der Waals surface area contributed by atoms with E-state index in [0.717, 1.165) is 0 Å². The van der Waals surface area contributed by atoms with Gasteiger partial charge in [-0.25, -0.2) is 0 Å². The van der Waals surface area contributed by atoms with Gasteiger partial charge in [0, 0.05) is 7.05 Å². The summed E-state index contributed by atoms with van der Waals surface area (Å²) in [6, 6.07) is 0. The van der Waals surface area contributed by atoms with Crippen LogP contribution in [0.1, 0.15) is 0 Å². The van der Waals surface area contributed by atoms with Crippen LogP contribution in [0.4, 0.5) is 0 Å². The van der Waals surface area contributed by atoms with Gasteiger partial charge in [-0.1, -0.05) is 11.5 Å². The Bertz CT molecular complexity index is 214. The van der Waals surface area contributed by atoms with Crippen LogP contribution < -0.4 is 5.56 Å². The van der Waals surface area contributed by atoms with E-state index in [9.17, 15) is 4.79 Å². The fraction of sp³-hybridized carbons (Fsp3) is 0.250. The highest BCUT2D eigenvalue weighted by molar-refractivity contribution is 7.04. The predicted octanol–water partition coefficient (Wildman–Crippen LogP) is 0.152. The maximum atomic E-state index is 10.5. The molecule has 0 aliphatic heterocycles. The lowest BCUT2D eigenvalue weighted by Gasteiger charge is -1.77. The first-order chi connectivity index (χ1) is 3.72. The molecule has 1 N–H and O–H groups in total. The largest absolute Gasteiger partial charge is 0.502 e. The zero-order valence-electron chi connectivity index (χ0n) is 4.29. The van der Waals surface area contributed by atoms with E-state index in [2.05, 4.69) is 0 Å². The van der Waals surface area contributed by atoms with Crippen molar-refractivity contribution in [3.8, 4) is 5.75 Å². The molecule has 1 aromatic heterocycles. The molecule has 0 aliphatic rings. The number of aryl methyl sites for hydroxylation is 1. The number of hydrogen-bond donors (Lipinski definition) is 1. The quantitative estimate of drug-likeness (QED) is 0.544. The lowest BCUT2D eigenvalue weighted by atomic mass is 10.7. The van der Waals surface area contributed by atoms with Gasteiger partial charge in [0.1, 0.15) is 0 Å². The van der Waals surface area contributed by atoms with Crippen LogP contribution in [0.5, 0.6) is 5.75 Å². The minimum Gasteiger partial charge on any atom is -0.502 e. The Balaban J connectivity index is 3.42. The van der Waals surface area contributed by atoms with Gasteiger partial charge in [-0.05, 0) is 0 Å². The van der Waals surface area contributed by atoms with Gasteiger partial charge < -0.3 is 5.11 Å². The van der Waals surface area contributed by atoms with Gasteiger partial charge in [0.2, 0.25) is 0 Å². The van der Waals surface area contributed by atoms with Gasteiger partial charge in [-0.15, -0.1) is 0 Å². The second-order valence-electron chi connectivity index (χ2n) is 1.41. The minimum atomic E-state index is -0.324. The highest BCUT2D eigenvalue weighted by atomic mass is 32.1. The van der Waals surface area contributed by atoms with Crippen LogP contribution in [0.2, 0.25) is 0 Å². The van der Waals surface area contributed by atoms with Crippen LogP contribution in [0.25, 0.3) is 0 Å². The lowest BCUT2D eigenvalue weighted by molar-refractivity contribution is 0.468. The van der Waals surface area contributed by atoms with Crippen molar-refractivity contribution in [1.82, 2.24) is 3.96 Å². The molecular formula is C4H5NO2S. The maximum absolute atomic E-state index is 10.5. The van der Waals surface area contributed by atoms with E-state index in [0.29, 0.717) is 0 Å². The molecule has 1 rings (SSSR count). The van der Waals surface area contributed by atoms with Crippen molar-refractivity contribution in [2.75, 3.05) is 0 Å². The Kier molecular flexibility index (Phi) is 1.09. The van der Waals surface area contributed by atoms with E-state index in [1.165, 1.54) is 20.9 Å². The average molecular weight is 131 g/mol. The third-order valence-electron chi connectivity index (χ3n) is 0.828. The van der Waals surface area contributed by atoms with E-state index in [-0.39, 0.29) is 11.3 Å². The first kappa shape index (κ1) is 5.37. The molecule has 0 amide bonds. The molecule has 0 saturated heterocycles. The summed E-state index contributed by atoms with van der Waals surface area (Å²) in [6.07, 6.45) is 0. The second-order valence-corrected chi connectivity index (χ2v) is 2.41. The fourth-order valence-corrected chi connectivity index (χ4v) is 0.937. The first-order valence-electron chi connectivity index (χ1n) is 2.06. The molecule has 3 nitrogen and oxygen atoms in total. The van der Waals surface area contributed by atoms with Gasteiger partial charge in [0.25, 0.3) is 0 Å². The molecule has 0 saturated carbocycles. The molecule has 1 heterocycles. The molecule has 44 valence electrons. The van der Waals surface area contributed by atoms with E-state index < -0.39 is 0 Å². The van der Waals surface area contributed by atoms with Gasteiger partial charge in [-0.2, -0.15) is 0 Å². The Hall–Kier alpha value is -0.770. The van der Waals surface area contributed by atoms with Crippen LogP contribution in [0.15, 0.2) is 10.2 Å². The molecule has 0 fully saturated rings. The van der Waals surface area contributed by atoms with Crippen molar-refractivity contribution in [2.24, 2.45) is 7.05 Å². The van der Waals surface area contributed by atoms with Crippen molar-refractivity contribution >= 4 is 11.5 Å². The Labute approximate surface area is 50.0 Å². The van der Waals surface area contributed by atoms with Crippen LogP contribution in [-0.4, -0.2) is 9.06 Å². The van der Waals surface area contributed by atoms with E-state index in [1.54, 1.807) is 7.05 Å². The summed E-state index contributed by atoms with van der Waals surface area (Å²) in [5.74, 6) is -0.169. The molecule has 1 aromatic rings. The molecule has 0 unspecified atom stereocenters. The standard InChI is InChI=1S/C4H5NO2S/c1-5-4(7)3(6)2-8-5/h2,6H,1H3. The number of aromatic hydroxyl groups is 1. The molecular weight excluding hydrogens is 126 g/mol. The van der Waals surface area contributed by atoms with Crippen LogP contribution in [-0.2, 0) is 7.05 Å². The Morgan fingerprint density at radius 3 is 2.62 bits per heavy atom. The summed E-state index contributed by atoms with van der Waals surface area (Å²) in [5.41, 5.74) is -0.324. The maximum Gasteiger partial charge on any atom is 0.302 e. The van der Waals surface area contributed by atoms with Crippen LogP contribution in [0.3, 0.4) is 0 Å². The number of aromatic nitrogens is 1. The molecule has 0 atom stereocenters. The van der Waals surface area contributed by atoms with E-state index in [1.807, 2.05) is 0 Å². The number of hydrogen-bond acceptors (Lipinski definition) is 3. The Morgan fingerprint density at radius 1 is 1.88 bits per heavy atom. The normalized spacial score (nSPS) is 9.62. The van der Waals surface area contributed by atoms with Gasteiger partial charge in [0.15, 0.2) is 5.75 Å². The highest BCUT2D eigenvalue weighted by Crippen LogP contribution is 2.02. The minimum absolute atomic E-state index is 0.169. The molecule has 0 aromatic carbocycles. The van der Waals surface area contributed by atoms with Crippen molar-refractivity contribution in [3.05, 3.63) is 15.7 Å². The summed E-state index contributed by atoms with van der Waals surface area (Å²) in [6.45, 7) is 0. The van der Waals surface area contributed by atoms with Gasteiger partial charge in [-0.3, -0.25) is 8.75 Å². The number of rotatable bonds is 0. The molecule has 0 spiro atoms. The first-order valence-corrected chi connectivity index (χ1v) is 2.89. The fourth-order valence-electron chi connectivity index (χ4n) is 0.389. The molecule has 0 aliphatic carbocycles. The summed E-state index contributed by atoms with van der Waals surface area (Å²) in [4.78, 5) is 10.5. The lowest BCUT2D eigenvalue weighted by Crippen LogP contribution is -2.06. The molecule has 8 heavy (non-hydrogen) atoms. The zero-order valence-corrected chi connectivity index (χ0v) is 5.10.